The quantitative estimate of drug-likeness (QED) is 0.693. The summed E-state index contributed by atoms with van der Waals surface area (Å²) in [4.78, 5) is 14.9. The number of aryl methyl sites for hydroxylation is 2. The van der Waals surface area contributed by atoms with E-state index in [0.29, 0.717) is 37.6 Å². The largest absolute Gasteiger partial charge is 0.354 e. The van der Waals surface area contributed by atoms with Crippen molar-refractivity contribution in [1.29, 1.82) is 0 Å². The molecule has 3 aromatic heterocycles. The lowest BCUT2D eigenvalue weighted by atomic mass is 10.3. The number of H-pyrrole nitrogens is 1. The van der Waals surface area contributed by atoms with Gasteiger partial charge in [-0.25, -0.2) is 23.4 Å². The Kier molecular flexibility index (Phi) is 4.40. The number of imidazole rings is 1. The molecule has 0 aliphatic carbocycles. The maximum absolute atomic E-state index is 13.0. The van der Waals surface area contributed by atoms with Crippen LogP contribution in [0.5, 0.6) is 0 Å². The van der Waals surface area contributed by atoms with Crippen molar-refractivity contribution in [3.8, 4) is 5.82 Å². The van der Waals surface area contributed by atoms with Crippen LogP contribution in [-0.4, -0.2) is 68.6 Å². The van der Waals surface area contributed by atoms with Gasteiger partial charge in [0.05, 0.1) is 11.4 Å². The minimum absolute atomic E-state index is 0.278. The van der Waals surface area contributed by atoms with Crippen molar-refractivity contribution in [2.24, 2.45) is 0 Å². The second-order valence-corrected chi connectivity index (χ2v) is 8.23. The van der Waals surface area contributed by atoms with Gasteiger partial charge in [0.25, 0.3) is 0 Å². The number of sulfonamides is 1. The molecule has 0 amide bonds. The lowest BCUT2D eigenvalue weighted by Crippen LogP contribution is -2.49. The molecule has 0 unspecified atom stereocenters. The normalized spacial score (nSPS) is 16.0. The molecule has 142 valence electrons. The first-order chi connectivity index (χ1) is 13.0. The van der Waals surface area contributed by atoms with Gasteiger partial charge in [-0.3, -0.25) is 9.67 Å². The molecule has 4 rings (SSSR count). The number of aromatic amines is 1. The molecule has 1 fully saturated rings. The summed E-state index contributed by atoms with van der Waals surface area (Å²) in [5.41, 5.74) is 1.06. The molecule has 0 bridgehead atoms. The molecule has 0 spiro atoms. The Morgan fingerprint density at radius 2 is 1.81 bits per heavy atom. The Morgan fingerprint density at radius 3 is 2.44 bits per heavy atom. The number of anilines is 1. The molecule has 0 atom stereocenters. The van der Waals surface area contributed by atoms with E-state index in [2.05, 4.69) is 30.0 Å². The number of nitrogens with zero attached hydrogens (tertiary/aromatic N) is 7. The number of hydrogen-bond donors (Lipinski definition) is 1. The summed E-state index contributed by atoms with van der Waals surface area (Å²) in [6.07, 6.45) is 6.68. The van der Waals surface area contributed by atoms with Gasteiger partial charge in [-0.05, 0) is 13.8 Å². The van der Waals surface area contributed by atoms with Crippen LogP contribution in [-0.2, 0) is 10.0 Å². The van der Waals surface area contributed by atoms with E-state index in [1.807, 2.05) is 12.3 Å². The van der Waals surface area contributed by atoms with Gasteiger partial charge >= 0.3 is 0 Å². The highest BCUT2D eigenvalue weighted by atomic mass is 32.2. The monoisotopic (exact) mass is 388 g/mol. The van der Waals surface area contributed by atoms with Gasteiger partial charge in [-0.15, -0.1) is 0 Å². The van der Waals surface area contributed by atoms with Gasteiger partial charge in [0.15, 0.2) is 0 Å². The molecule has 10 nitrogen and oxygen atoms in total. The van der Waals surface area contributed by atoms with E-state index in [-0.39, 0.29) is 4.90 Å². The minimum atomic E-state index is -3.56. The minimum Gasteiger partial charge on any atom is -0.354 e. The molecule has 1 aliphatic rings. The highest BCUT2D eigenvalue weighted by Gasteiger charge is 2.32. The molecular formula is C16H20N8O2S. The van der Waals surface area contributed by atoms with E-state index in [1.165, 1.54) is 10.6 Å². The van der Waals surface area contributed by atoms with Crippen LogP contribution < -0.4 is 4.90 Å². The Balaban J connectivity index is 1.51. The van der Waals surface area contributed by atoms with E-state index in [0.717, 1.165) is 11.6 Å². The summed E-state index contributed by atoms with van der Waals surface area (Å²) < 4.78 is 29.2. The summed E-state index contributed by atoms with van der Waals surface area (Å²) in [6.45, 7) is 5.30. The summed E-state index contributed by atoms with van der Waals surface area (Å²) >= 11 is 0. The van der Waals surface area contributed by atoms with Crippen LogP contribution in [0.1, 0.15) is 11.4 Å². The predicted octanol–water partition coefficient (Wildman–Crippen LogP) is 0.513. The molecule has 0 saturated carbocycles. The second kappa shape index (κ2) is 6.74. The van der Waals surface area contributed by atoms with Gasteiger partial charge in [0.1, 0.15) is 29.2 Å². The van der Waals surface area contributed by atoms with Crippen LogP contribution >= 0.6 is 0 Å². The maximum atomic E-state index is 13.0. The first-order valence-electron chi connectivity index (χ1n) is 8.54. The van der Waals surface area contributed by atoms with Gasteiger partial charge < -0.3 is 4.90 Å². The van der Waals surface area contributed by atoms with Crippen molar-refractivity contribution >= 4 is 15.8 Å². The second-order valence-electron chi connectivity index (χ2n) is 6.36. The topological polar surface area (TPSA) is 113 Å². The van der Waals surface area contributed by atoms with Crippen molar-refractivity contribution in [1.82, 2.24) is 34.0 Å². The van der Waals surface area contributed by atoms with Crippen molar-refractivity contribution < 1.29 is 8.42 Å². The predicted molar refractivity (Wildman–Crippen MR) is 98.2 cm³/mol. The zero-order chi connectivity index (χ0) is 19.0. The fourth-order valence-electron chi connectivity index (χ4n) is 3.25. The third-order valence-electron chi connectivity index (χ3n) is 4.63. The van der Waals surface area contributed by atoms with E-state index in [9.17, 15) is 8.42 Å². The average Bonchev–Trinajstić information content (AvgIpc) is 3.32. The smallest absolute Gasteiger partial charge is 0.246 e. The number of rotatable bonds is 4. The molecule has 0 radical (unpaired) electrons. The number of hydrogen-bond acceptors (Lipinski definition) is 7. The van der Waals surface area contributed by atoms with Gasteiger partial charge in [-0.2, -0.15) is 9.40 Å². The Hall–Kier alpha value is -2.79. The van der Waals surface area contributed by atoms with E-state index in [4.69, 9.17) is 0 Å². The van der Waals surface area contributed by atoms with Crippen molar-refractivity contribution in [2.75, 3.05) is 31.1 Å². The standard InChI is InChI=1S/C16H20N8O2S/c1-12-16(13(2)21-20-12)27(25,26)24-7-5-22(6-8-24)14-9-15(19-10-18-14)23-4-3-17-11-23/h3-4,9-11H,5-8H2,1-2H3,(H,20,21). The van der Waals surface area contributed by atoms with E-state index in [1.54, 1.807) is 30.9 Å². The molecule has 4 heterocycles. The Morgan fingerprint density at radius 1 is 1.07 bits per heavy atom. The molecule has 1 aliphatic heterocycles. The molecule has 27 heavy (non-hydrogen) atoms. The van der Waals surface area contributed by atoms with Crippen LogP contribution in [0, 0.1) is 13.8 Å². The lowest BCUT2D eigenvalue weighted by Gasteiger charge is -2.34. The van der Waals surface area contributed by atoms with Crippen LogP contribution in [0.2, 0.25) is 0 Å². The Labute approximate surface area is 156 Å². The van der Waals surface area contributed by atoms with Crippen molar-refractivity contribution in [3.63, 3.8) is 0 Å². The highest BCUT2D eigenvalue weighted by Crippen LogP contribution is 2.24. The first-order valence-corrected chi connectivity index (χ1v) is 9.98. The molecule has 3 aromatic rings. The maximum Gasteiger partial charge on any atom is 0.246 e. The van der Waals surface area contributed by atoms with Crippen LogP contribution in [0.3, 0.4) is 0 Å². The molecule has 0 aromatic carbocycles. The van der Waals surface area contributed by atoms with Crippen LogP contribution in [0.25, 0.3) is 5.82 Å². The van der Waals surface area contributed by atoms with E-state index >= 15 is 0 Å². The first kappa shape index (κ1) is 17.6. The van der Waals surface area contributed by atoms with Gasteiger partial charge in [-0.1, -0.05) is 0 Å². The fraction of sp³-hybridized carbons (Fsp3) is 0.375. The van der Waals surface area contributed by atoms with Crippen LogP contribution in [0.15, 0.2) is 36.0 Å². The summed E-state index contributed by atoms with van der Waals surface area (Å²) in [5.74, 6) is 1.48. The summed E-state index contributed by atoms with van der Waals surface area (Å²) in [7, 11) is -3.56. The fourth-order valence-corrected chi connectivity index (χ4v) is 5.01. The third kappa shape index (κ3) is 3.19. The van der Waals surface area contributed by atoms with Crippen molar-refractivity contribution in [3.05, 3.63) is 42.5 Å². The number of nitrogens with one attached hydrogen (secondary N) is 1. The Bertz CT molecular complexity index is 1020. The molecule has 1 saturated heterocycles. The SMILES string of the molecule is Cc1n[nH]c(C)c1S(=O)(=O)N1CCN(c2cc(-n3ccnc3)ncn2)CC1. The third-order valence-corrected chi connectivity index (χ3v) is 6.79. The summed E-state index contributed by atoms with van der Waals surface area (Å²) in [5, 5.41) is 6.75. The lowest BCUT2D eigenvalue weighted by molar-refractivity contribution is 0.383. The molecule has 11 heteroatoms. The number of piperazine rings is 1. The zero-order valence-corrected chi connectivity index (χ0v) is 15.9. The zero-order valence-electron chi connectivity index (χ0n) is 15.1. The molecule has 1 N–H and O–H groups in total. The highest BCUT2D eigenvalue weighted by molar-refractivity contribution is 7.89. The average molecular weight is 388 g/mol. The number of aromatic nitrogens is 6. The van der Waals surface area contributed by atoms with Crippen LogP contribution in [0.4, 0.5) is 5.82 Å². The van der Waals surface area contributed by atoms with Crippen molar-refractivity contribution in [2.45, 2.75) is 18.7 Å². The summed E-state index contributed by atoms with van der Waals surface area (Å²) in [6, 6.07) is 1.87. The van der Waals surface area contributed by atoms with Gasteiger partial charge in [0, 0.05) is 44.6 Å². The van der Waals surface area contributed by atoms with E-state index < -0.39 is 10.0 Å². The molecular weight excluding hydrogens is 368 g/mol. The van der Waals surface area contributed by atoms with Gasteiger partial charge in [0.2, 0.25) is 10.0 Å².